The summed E-state index contributed by atoms with van der Waals surface area (Å²) in [6, 6.07) is 40.4. The van der Waals surface area contributed by atoms with Gasteiger partial charge in [-0.25, -0.2) is 22.1 Å². The number of anilines is 2. The molecule has 8 rings (SSSR count). The number of rotatable bonds is 7. The molecule has 6 heterocycles. The maximum Gasteiger partial charge on any atom is 0.217 e. The normalized spacial score (nSPS) is 16.5. The summed E-state index contributed by atoms with van der Waals surface area (Å²) in [7, 11) is 0. The van der Waals surface area contributed by atoms with Gasteiger partial charge in [0.1, 0.15) is 0 Å². The van der Waals surface area contributed by atoms with Gasteiger partial charge in [0.2, 0.25) is 11.8 Å². The van der Waals surface area contributed by atoms with Crippen LogP contribution in [-0.4, -0.2) is 41.3 Å². The molecule has 0 saturated carbocycles. The van der Waals surface area contributed by atoms with Crippen LogP contribution in [0.1, 0.15) is 93.9 Å². The van der Waals surface area contributed by atoms with Crippen molar-refractivity contribution in [1.82, 2.24) is 19.1 Å². The molecular weight excluding hydrogens is 1130 g/mol. The standard InChI is InChI=1S/C40H46N4O2.2C6H4N.2Pt/c1-37(2)19-11-20-38(3,4)43(37)31-17-23-41-35(27-31)45-33-15-9-13-29(25-33)30-14-10-16-34(26-30)46-36-28-32(18-24-42-36)44-39(5,6)21-12-22-40(44,7)8;2*1-2-7-5-3-4-6-7;;/h9-10,15-18,23-24,27-28H,11-12,19-22H2,1-8H3;2*3-6H;;/q-4;2*-1;;. The summed E-state index contributed by atoms with van der Waals surface area (Å²) >= 11 is 0. The summed E-state index contributed by atoms with van der Waals surface area (Å²) in [5, 5.41) is 0. The zero-order valence-corrected chi connectivity index (χ0v) is 41.3. The van der Waals surface area contributed by atoms with Crippen LogP contribution in [0.4, 0.5) is 11.4 Å². The minimum absolute atomic E-state index is 0. The minimum atomic E-state index is 0. The van der Waals surface area contributed by atoms with Gasteiger partial charge in [-0.2, -0.15) is 12.1 Å². The second-order valence-electron chi connectivity index (χ2n) is 17.6. The molecule has 330 valence electrons. The van der Waals surface area contributed by atoms with Gasteiger partial charge in [0, 0.05) is 125 Å². The third-order valence-electron chi connectivity index (χ3n) is 11.1. The second-order valence-corrected chi connectivity index (χ2v) is 17.6. The molecule has 0 radical (unpaired) electrons. The molecule has 2 aliphatic heterocycles. The molecular formula is C52H54N6O2Pt2-6. The van der Waals surface area contributed by atoms with Gasteiger partial charge in [-0.3, -0.25) is 12.1 Å². The Morgan fingerprint density at radius 2 is 0.887 bits per heavy atom. The van der Waals surface area contributed by atoms with Crippen LogP contribution >= 0.6 is 0 Å². The van der Waals surface area contributed by atoms with Crippen molar-refractivity contribution in [3.8, 4) is 46.5 Å². The van der Waals surface area contributed by atoms with Crippen molar-refractivity contribution in [2.45, 2.75) is 116 Å². The third-order valence-corrected chi connectivity index (χ3v) is 11.1. The van der Waals surface area contributed by atoms with E-state index in [-0.39, 0.29) is 64.3 Å². The molecule has 4 aromatic heterocycles. The number of ether oxygens (including phenoxy) is 2. The van der Waals surface area contributed by atoms with Gasteiger partial charge < -0.3 is 76.6 Å². The fourth-order valence-electron chi connectivity index (χ4n) is 8.81. The Labute approximate surface area is 399 Å². The van der Waals surface area contributed by atoms with Crippen LogP contribution in [0.5, 0.6) is 23.3 Å². The molecule has 62 heavy (non-hydrogen) atoms. The predicted octanol–water partition coefficient (Wildman–Crippen LogP) is 11.8. The second kappa shape index (κ2) is 21.4. The van der Waals surface area contributed by atoms with Gasteiger partial charge in [-0.05, 0) is 130 Å². The van der Waals surface area contributed by atoms with Crippen molar-refractivity contribution in [1.29, 1.82) is 0 Å². The molecule has 0 amide bonds. The van der Waals surface area contributed by atoms with E-state index in [2.05, 4.69) is 124 Å². The first-order chi connectivity index (χ1) is 28.6. The van der Waals surface area contributed by atoms with E-state index in [4.69, 9.17) is 22.3 Å². The molecule has 2 aliphatic rings. The van der Waals surface area contributed by atoms with Crippen molar-refractivity contribution in [3.05, 3.63) is 147 Å². The summed E-state index contributed by atoms with van der Waals surface area (Å²) in [5.74, 6) is 2.15. The molecule has 2 aromatic carbocycles. The molecule has 2 fully saturated rings. The zero-order valence-electron chi connectivity index (χ0n) is 36.8. The molecule has 8 nitrogen and oxygen atoms in total. The van der Waals surface area contributed by atoms with Gasteiger partial charge in [-0.1, -0.05) is 11.5 Å². The number of aromatic nitrogens is 4. The number of nitrogens with zero attached hydrogens (tertiary/aromatic N) is 6. The van der Waals surface area contributed by atoms with Crippen molar-refractivity contribution in [2.75, 3.05) is 9.80 Å². The minimum Gasteiger partial charge on any atom is -0.669 e. The van der Waals surface area contributed by atoms with Crippen molar-refractivity contribution in [3.63, 3.8) is 0 Å². The van der Waals surface area contributed by atoms with Crippen LogP contribution in [0, 0.1) is 49.2 Å². The molecule has 6 aromatic rings. The zero-order chi connectivity index (χ0) is 43.0. The van der Waals surface area contributed by atoms with Gasteiger partial charge >= 0.3 is 0 Å². The van der Waals surface area contributed by atoms with Crippen LogP contribution in [0.2, 0.25) is 0 Å². The van der Waals surface area contributed by atoms with E-state index < -0.39 is 0 Å². The van der Waals surface area contributed by atoms with E-state index in [0.717, 1.165) is 37.1 Å². The Morgan fingerprint density at radius 3 is 1.19 bits per heavy atom. The van der Waals surface area contributed by atoms with E-state index in [9.17, 15) is 0 Å². The number of hydrogen-bond acceptors (Lipinski definition) is 6. The number of piperidine rings is 2. The van der Waals surface area contributed by atoms with Gasteiger partial charge in [0.25, 0.3) is 0 Å². The van der Waals surface area contributed by atoms with Crippen molar-refractivity contribution in [2.24, 2.45) is 0 Å². The van der Waals surface area contributed by atoms with Crippen molar-refractivity contribution >= 4 is 11.4 Å². The van der Waals surface area contributed by atoms with E-state index in [0.29, 0.717) is 34.4 Å². The first-order valence-electron chi connectivity index (χ1n) is 20.5. The van der Waals surface area contributed by atoms with E-state index in [1.807, 2.05) is 73.1 Å². The van der Waals surface area contributed by atoms with Crippen molar-refractivity contribution < 1.29 is 51.6 Å². The maximum atomic E-state index is 6.57. The Bertz CT molecular complexity index is 2210. The molecule has 0 aliphatic carbocycles. The molecule has 10 heteroatoms. The number of pyridine rings is 2. The average Bonchev–Trinajstić information content (AvgIpc) is 3.93. The maximum absolute atomic E-state index is 6.57. The van der Waals surface area contributed by atoms with Crippen LogP contribution in [0.15, 0.2) is 110 Å². The molecule has 0 N–H and O–H groups in total. The first kappa shape index (κ1) is 49.6. The van der Waals surface area contributed by atoms with Crippen LogP contribution < -0.4 is 19.3 Å². The summed E-state index contributed by atoms with van der Waals surface area (Å²) in [6.45, 7) is 18.5. The number of benzene rings is 2. The quantitative estimate of drug-likeness (QED) is 0.117. The predicted molar refractivity (Wildman–Crippen MR) is 239 cm³/mol. The summed E-state index contributed by atoms with van der Waals surface area (Å²) in [6.07, 6.45) is 30.8. The summed E-state index contributed by atoms with van der Waals surface area (Å²) in [4.78, 5) is 14.1. The molecule has 0 unspecified atom stereocenters. The topological polar surface area (TPSA) is 60.6 Å². The third kappa shape index (κ3) is 12.6. The SMILES string of the molecule is CC1(C)CCCC(C)(C)N1c1ccnc(Oc2[c-]c(-c3[c-]ccc(Oc4cc(N5C(C)(C)CCCC5(C)C)ccn4)[c-]3)[c-]cc2)c1.[C-]#Cn1cccc1.[C-]#Cn1cccc1.[Pt].[Pt]. The number of hydrogen-bond donors (Lipinski definition) is 0. The van der Waals surface area contributed by atoms with Crippen LogP contribution in [0.25, 0.3) is 11.1 Å². The monoisotopic (exact) mass is 1180 g/mol. The molecule has 0 atom stereocenters. The Morgan fingerprint density at radius 1 is 0.548 bits per heavy atom. The largest absolute Gasteiger partial charge is 0.669 e. The van der Waals surface area contributed by atoms with Gasteiger partial charge in [0.15, 0.2) is 0 Å². The summed E-state index contributed by atoms with van der Waals surface area (Å²) in [5.41, 5.74) is 3.73. The van der Waals surface area contributed by atoms with Crippen LogP contribution in [-0.2, 0) is 42.1 Å². The fourth-order valence-corrected chi connectivity index (χ4v) is 8.81. The Kier molecular flexibility index (Phi) is 17.1. The average molecular weight is 1190 g/mol. The molecule has 0 spiro atoms. The Balaban J connectivity index is 0.000000447. The summed E-state index contributed by atoms with van der Waals surface area (Å²) < 4.78 is 15.6. The first-order valence-corrected chi connectivity index (χ1v) is 20.5. The Hall–Kier alpha value is -5.00. The van der Waals surface area contributed by atoms with Gasteiger partial charge in [-0.15, -0.1) is 0 Å². The molecule has 0 bridgehead atoms. The van der Waals surface area contributed by atoms with E-state index in [1.165, 1.54) is 12.8 Å². The molecule has 2 saturated heterocycles. The van der Waals surface area contributed by atoms with Gasteiger partial charge in [0.05, 0.1) is 0 Å². The van der Waals surface area contributed by atoms with E-state index in [1.54, 1.807) is 33.9 Å². The smallest absolute Gasteiger partial charge is 0.217 e. The van der Waals surface area contributed by atoms with Crippen LogP contribution in [0.3, 0.4) is 0 Å². The fraction of sp³-hybridized carbons (Fsp3) is 0.346. The van der Waals surface area contributed by atoms with E-state index >= 15 is 0 Å².